The molecule has 0 fully saturated rings. The Kier molecular flexibility index (Phi) is 5.63. The monoisotopic (exact) mass is 366 g/mol. The van der Waals surface area contributed by atoms with Gasteiger partial charge in [-0.05, 0) is 32.0 Å². The van der Waals surface area contributed by atoms with Gasteiger partial charge >= 0.3 is 22.0 Å². The van der Waals surface area contributed by atoms with Crippen LogP contribution in [0.1, 0.15) is 25.5 Å². The predicted molar refractivity (Wildman–Crippen MR) is 88.6 cm³/mol. The second-order valence-corrected chi connectivity index (χ2v) is 6.93. The van der Waals surface area contributed by atoms with E-state index >= 15 is 0 Å². The highest BCUT2D eigenvalue weighted by molar-refractivity contribution is 7.87. The molecule has 1 heterocycles. The fourth-order valence-corrected chi connectivity index (χ4v) is 3.07. The van der Waals surface area contributed by atoms with Crippen LogP contribution < -0.4 is 8.75 Å². The third kappa shape index (κ3) is 4.27. The number of rotatable bonds is 6. The summed E-state index contributed by atoms with van der Waals surface area (Å²) in [6, 6.07) is 7.95. The largest absolute Gasteiger partial charge is 0.500 e. The lowest BCUT2D eigenvalue weighted by molar-refractivity contribution is -0.710. The Bertz CT molecular complexity index is 861. The van der Waals surface area contributed by atoms with Crippen molar-refractivity contribution in [2.45, 2.75) is 31.7 Å². The van der Waals surface area contributed by atoms with Crippen LogP contribution in [-0.4, -0.2) is 26.1 Å². The van der Waals surface area contributed by atoms with Crippen molar-refractivity contribution in [1.29, 1.82) is 0 Å². The van der Waals surface area contributed by atoms with Crippen molar-refractivity contribution in [1.82, 2.24) is 0 Å². The van der Waals surface area contributed by atoms with E-state index in [1.807, 2.05) is 6.92 Å². The number of carbonyl (C=O) groups is 1. The first kappa shape index (κ1) is 18.7. The number of carbonyl (C=O) groups excluding carboxylic acids is 1. The van der Waals surface area contributed by atoms with Crippen LogP contribution in [0, 0.1) is 6.92 Å². The van der Waals surface area contributed by atoms with Gasteiger partial charge in [-0.25, -0.2) is 4.79 Å². The highest BCUT2D eigenvalue weighted by atomic mass is 32.2. The number of aromatic nitrogens is 1. The summed E-state index contributed by atoms with van der Waals surface area (Å²) in [4.78, 5) is 11.9. The Labute approximate surface area is 146 Å². The van der Waals surface area contributed by atoms with Crippen molar-refractivity contribution in [3.8, 4) is 11.6 Å². The average Bonchev–Trinajstić information content (AvgIpc) is 2.56. The van der Waals surface area contributed by atoms with Crippen molar-refractivity contribution in [3.63, 3.8) is 0 Å². The summed E-state index contributed by atoms with van der Waals surface area (Å²) in [5, 5.41) is 10.0. The quantitative estimate of drug-likeness (QED) is 0.477. The molecule has 1 unspecified atom stereocenters. The first-order valence-corrected chi connectivity index (χ1v) is 9.08. The van der Waals surface area contributed by atoms with Crippen molar-refractivity contribution in [3.05, 3.63) is 48.2 Å². The number of esters is 1. The van der Waals surface area contributed by atoms with Crippen LogP contribution in [0.4, 0.5) is 0 Å². The molecule has 0 amide bonds. The standard InChI is InChI=1S/C17H19NO6S/c1-4-23-17(20)13(3)18-11-5-6-15(19)16(18)24-25(21,22)14-9-7-12(2)8-10-14/h5-11,13H,4H2,1-3H3/p+1. The Balaban J connectivity index is 2.42. The molecule has 1 atom stereocenters. The third-order valence-electron chi connectivity index (χ3n) is 3.50. The smallest absolute Gasteiger partial charge is 0.427 e. The number of hydrogen-bond acceptors (Lipinski definition) is 6. The number of benzene rings is 1. The van der Waals surface area contributed by atoms with E-state index in [-0.39, 0.29) is 17.4 Å². The average molecular weight is 366 g/mol. The fourth-order valence-electron chi connectivity index (χ4n) is 2.12. The topological polar surface area (TPSA) is 93.8 Å². The zero-order chi connectivity index (χ0) is 18.6. The first-order valence-electron chi connectivity index (χ1n) is 7.67. The molecule has 0 saturated carbocycles. The van der Waals surface area contributed by atoms with E-state index in [1.54, 1.807) is 19.1 Å². The van der Waals surface area contributed by atoms with Crippen molar-refractivity contribution in [2.75, 3.05) is 6.61 Å². The number of ether oxygens (including phenoxy) is 1. The Hall–Kier alpha value is -2.61. The molecule has 134 valence electrons. The fraction of sp³-hybridized carbons (Fsp3) is 0.294. The number of pyridine rings is 1. The van der Waals surface area contributed by atoms with Crippen molar-refractivity contribution >= 4 is 16.1 Å². The van der Waals surface area contributed by atoms with Crippen LogP contribution in [0.15, 0.2) is 47.5 Å². The molecule has 0 aliphatic heterocycles. The molecule has 2 aromatic rings. The Morgan fingerprint density at radius 2 is 1.88 bits per heavy atom. The van der Waals surface area contributed by atoms with Crippen LogP contribution >= 0.6 is 0 Å². The van der Waals surface area contributed by atoms with Gasteiger partial charge in [-0.2, -0.15) is 8.42 Å². The minimum absolute atomic E-state index is 0.0586. The molecule has 1 aromatic carbocycles. The lowest BCUT2D eigenvalue weighted by Gasteiger charge is -2.11. The summed E-state index contributed by atoms with van der Waals surface area (Å²) in [5.41, 5.74) is 0.896. The Morgan fingerprint density at radius 1 is 1.24 bits per heavy atom. The minimum atomic E-state index is -4.18. The maximum Gasteiger partial charge on any atom is 0.427 e. The zero-order valence-corrected chi connectivity index (χ0v) is 15.0. The normalized spacial score (nSPS) is 12.4. The molecular formula is C17H20NO6S+. The summed E-state index contributed by atoms with van der Waals surface area (Å²) in [6.07, 6.45) is 1.43. The third-order valence-corrected chi connectivity index (χ3v) is 4.72. The van der Waals surface area contributed by atoms with Gasteiger partial charge in [0.05, 0.1) is 6.61 Å². The van der Waals surface area contributed by atoms with Gasteiger partial charge in [-0.15, -0.1) is 4.57 Å². The molecule has 7 nitrogen and oxygen atoms in total. The van der Waals surface area contributed by atoms with Crippen LogP contribution in [0.25, 0.3) is 0 Å². The van der Waals surface area contributed by atoms with Gasteiger partial charge in [0.2, 0.25) is 5.75 Å². The zero-order valence-electron chi connectivity index (χ0n) is 14.2. The highest BCUT2D eigenvalue weighted by Gasteiger charge is 2.33. The van der Waals surface area contributed by atoms with E-state index in [4.69, 9.17) is 8.92 Å². The van der Waals surface area contributed by atoms with Gasteiger partial charge in [-0.1, -0.05) is 17.7 Å². The maximum atomic E-state index is 12.5. The van der Waals surface area contributed by atoms with Crippen LogP contribution in [0.3, 0.4) is 0 Å². The van der Waals surface area contributed by atoms with Gasteiger partial charge in [0, 0.05) is 13.0 Å². The van der Waals surface area contributed by atoms with Gasteiger partial charge in [-0.3, -0.25) is 0 Å². The molecular weight excluding hydrogens is 346 g/mol. The van der Waals surface area contributed by atoms with E-state index in [0.29, 0.717) is 0 Å². The molecule has 0 aliphatic carbocycles. The van der Waals surface area contributed by atoms with Crippen LogP contribution in [0.2, 0.25) is 0 Å². The van der Waals surface area contributed by atoms with E-state index in [9.17, 15) is 18.3 Å². The first-order chi connectivity index (χ1) is 11.8. The summed E-state index contributed by atoms with van der Waals surface area (Å²) in [7, 11) is -4.18. The molecule has 25 heavy (non-hydrogen) atoms. The number of hydrogen-bond donors (Lipinski definition) is 1. The lowest BCUT2D eigenvalue weighted by atomic mass is 10.2. The molecule has 1 N–H and O–H groups in total. The van der Waals surface area contributed by atoms with Gasteiger partial charge < -0.3 is 14.0 Å². The molecule has 0 saturated heterocycles. The summed E-state index contributed by atoms with van der Waals surface area (Å²) >= 11 is 0. The number of aryl methyl sites for hydroxylation is 1. The molecule has 8 heteroatoms. The summed E-state index contributed by atoms with van der Waals surface area (Å²) in [6.45, 7) is 5.19. The Morgan fingerprint density at radius 3 is 2.48 bits per heavy atom. The van der Waals surface area contributed by atoms with Crippen LogP contribution in [0.5, 0.6) is 11.6 Å². The van der Waals surface area contributed by atoms with Gasteiger partial charge in [0.25, 0.3) is 6.04 Å². The molecule has 1 aromatic heterocycles. The summed E-state index contributed by atoms with van der Waals surface area (Å²) in [5.74, 6) is -1.34. The van der Waals surface area contributed by atoms with Crippen molar-refractivity contribution < 1.29 is 31.8 Å². The van der Waals surface area contributed by atoms with E-state index in [2.05, 4.69) is 0 Å². The molecule has 0 radical (unpaired) electrons. The predicted octanol–water partition coefficient (Wildman–Crippen LogP) is 1.88. The highest BCUT2D eigenvalue weighted by Crippen LogP contribution is 2.26. The maximum absolute atomic E-state index is 12.5. The molecule has 0 aliphatic rings. The summed E-state index contributed by atoms with van der Waals surface area (Å²) < 4.78 is 36.2. The van der Waals surface area contributed by atoms with Crippen LogP contribution in [-0.2, 0) is 19.6 Å². The lowest BCUT2D eigenvalue weighted by Crippen LogP contribution is -2.44. The van der Waals surface area contributed by atoms with E-state index in [0.717, 1.165) is 5.56 Å². The second kappa shape index (κ2) is 7.52. The molecule has 0 spiro atoms. The van der Waals surface area contributed by atoms with E-state index in [1.165, 1.54) is 42.0 Å². The molecule has 0 bridgehead atoms. The number of aromatic hydroxyl groups is 1. The van der Waals surface area contributed by atoms with Crippen molar-refractivity contribution in [2.24, 2.45) is 0 Å². The minimum Gasteiger partial charge on any atom is -0.500 e. The van der Waals surface area contributed by atoms with Gasteiger partial charge in [0.15, 0.2) is 6.20 Å². The van der Waals surface area contributed by atoms with Gasteiger partial charge in [0.1, 0.15) is 4.90 Å². The molecule has 2 rings (SSSR count). The number of nitrogens with zero attached hydrogens (tertiary/aromatic N) is 1. The second-order valence-electron chi connectivity index (χ2n) is 5.38. The SMILES string of the molecule is CCOC(=O)C(C)[n+]1cccc(O)c1OS(=O)(=O)c1ccc(C)cc1. The van der Waals surface area contributed by atoms with E-state index < -0.39 is 27.9 Å².